The number of piperidine rings is 1. The van der Waals surface area contributed by atoms with E-state index in [1.54, 1.807) is 0 Å². The Labute approximate surface area is 145 Å². The van der Waals surface area contributed by atoms with Gasteiger partial charge in [-0.15, -0.1) is 0 Å². The lowest BCUT2D eigenvalue weighted by atomic mass is 9.85. The van der Waals surface area contributed by atoms with Crippen LogP contribution in [0, 0.1) is 16.7 Å². The number of aliphatic hydroxyl groups is 1. The standard InChI is InChI=1S/C20H29N3O/c1-20(15-24)10-2-3-19(20)22-18-8-11-23(12-9-18)14-17-6-4-16(13-21)5-7-17/h4-7,18-19,22,24H,2-3,8-12,14-15H2,1H3. The molecule has 1 saturated heterocycles. The first-order valence-corrected chi connectivity index (χ1v) is 9.21. The fraction of sp³-hybridized carbons (Fsp3) is 0.650. The van der Waals surface area contributed by atoms with Gasteiger partial charge in [0.15, 0.2) is 0 Å². The molecule has 0 aromatic heterocycles. The van der Waals surface area contributed by atoms with Gasteiger partial charge in [-0.25, -0.2) is 0 Å². The number of nitrogens with one attached hydrogen (secondary N) is 1. The van der Waals surface area contributed by atoms with Gasteiger partial charge in [-0.05, 0) is 56.5 Å². The third-order valence-electron chi connectivity index (χ3n) is 5.96. The van der Waals surface area contributed by atoms with Crippen molar-refractivity contribution < 1.29 is 5.11 Å². The Morgan fingerprint density at radius 2 is 1.96 bits per heavy atom. The van der Waals surface area contributed by atoms with Gasteiger partial charge in [0.1, 0.15) is 0 Å². The first-order valence-electron chi connectivity index (χ1n) is 9.21. The lowest BCUT2D eigenvalue weighted by Gasteiger charge is -2.38. The summed E-state index contributed by atoms with van der Waals surface area (Å²) in [7, 11) is 0. The Balaban J connectivity index is 1.46. The molecule has 1 aromatic carbocycles. The molecule has 130 valence electrons. The average Bonchev–Trinajstić information content (AvgIpc) is 2.98. The van der Waals surface area contributed by atoms with E-state index in [-0.39, 0.29) is 5.41 Å². The first-order chi connectivity index (χ1) is 11.6. The Bertz CT molecular complexity index is 572. The van der Waals surface area contributed by atoms with Crippen molar-refractivity contribution in [3.8, 4) is 6.07 Å². The number of likely N-dealkylation sites (tertiary alicyclic amines) is 1. The van der Waals surface area contributed by atoms with Crippen LogP contribution >= 0.6 is 0 Å². The first kappa shape index (κ1) is 17.4. The predicted octanol–water partition coefficient (Wildman–Crippen LogP) is 2.66. The van der Waals surface area contributed by atoms with Crippen LogP contribution in [0.15, 0.2) is 24.3 Å². The summed E-state index contributed by atoms with van der Waals surface area (Å²) >= 11 is 0. The van der Waals surface area contributed by atoms with Crippen molar-refractivity contribution in [1.82, 2.24) is 10.2 Å². The second-order valence-electron chi connectivity index (χ2n) is 7.78. The highest BCUT2D eigenvalue weighted by Crippen LogP contribution is 2.38. The number of hydrogen-bond donors (Lipinski definition) is 2. The second-order valence-corrected chi connectivity index (χ2v) is 7.78. The Kier molecular flexibility index (Phi) is 5.55. The van der Waals surface area contributed by atoms with Gasteiger partial charge in [-0.1, -0.05) is 25.5 Å². The van der Waals surface area contributed by atoms with Gasteiger partial charge < -0.3 is 10.4 Å². The summed E-state index contributed by atoms with van der Waals surface area (Å²) in [5.74, 6) is 0. The van der Waals surface area contributed by atoms with Crippen LogP contribution in [0.5, 0.6) is 0 Å². The van der Waals surface area contributed by atoms with Crippen molar-refractivity contribution >= 4 is 0 Å². The van der Waals surface area contributed by atoms with E-state index in [0.29, 0.717) is 18.7 Å². The third kappa shape index (κ3) is 3.97. The van der Waals surface area contributed by atoms with Crippen LogP contribution in [-0.2, 0) is 6.54 Å². The lowest BCUT2D eigenvalue weighted by Crippen LogP contribution is -2.50. The van der Waals surface area contributed by atoms with Crippen molar-refractivity contribution in [3.05, 3.63) is 35.4 Å². The zero-order valence-corrected chi connectivity index (χ0v) is 14.7. The second kappa shape index (κ2) is 7.65. The quantitative estimate of drug-likeness (QED) is 0.873. The molecule has 1 aliphatic heterocycles. The van der Waals surface area contributed by atoms with Crippen molar-refractivity contribution in [2.75, 3.05) is 19.7 Å². The van der Waals surface area contributed by atoms with Gasteiger partial charge >= 0.3 is 0 Å². The number of aliphatic hydroxyl groups excluding tert-OH is 1. The molecule has 2 aliphatic rings. The summed E-state index contributed by atoms with van der Waals surface area (Å²) in [5.41, 5.74) is 2.08. The van der Waals surface area contributed by atoms with E-state index in [9.17, 15) is 5.11 Å². The molecule has 0 amide bonds. The lowest BCUT2D eigenvalue weighted by molar-refractivity contribution is 0.102. The molecule has 24 heavy (non-hydrogen) atoms. The van der Waals surface area contributed by atoms with Gasteiger partial charge in [0.05, 0.1) is 11.6 Å². The molecular weight excluding hydrogens is 298 g/mol. The number of rotatable bonds is 5. The molecular formula is C20H29N3O. The van der Waals surface area contributed by atoms with Gasteiger partial charge in [0, 0.05) is 30.7 Å². The minimum atomic E-state index is 0.0691. The van der Waals surface area contributed by atoms with Crippen molar-refractivity contribution in [2.24, 2.45) is 5.41 Å². The Hall–Kier alpha value is -1.41. The van der Waals surface area contributed by atoms with E-state index < -0.39 is 0 Å². The van der Waals surface area contributed by atoms with E-state index in [1.807, 2.05) is 12.1 Å². The molecule has 4 nitrogen and oxygen atoms in total. The topological polar surface area (TPSA) is 59.3 Å². The van der Waals surface area contributed by atoms with Crippen LogP contribution in [0.4, 0.5) is 0 Å². The molecule has 1 aliphatic carbocycles. The maximum Gasteiger partial charge on any atom is 0.0991 e. The molecule has 4 heteroatoms. The minimum Gasteiger partial charge on any atom is -0.396 e. The minimum absolute atomic E-state index is 0.0691. The van der Waals surface area contributed by atoms with E-state index in [2.05, 4.69) is 35.3 Å². The van der Waals surface area contributed by atoms with Crippen molar-refractivity contribution in [1.29, 1.82) is 5.26 Å². The van der Waals surface area contributed by atoms with E-state index in [4.69, 9.17) is 5.26 Å². The van der Waals surface area contributed by atoms with Crippen LogP contribution in [0.2, 0.25) is 0 Å². The van der Waals surface area contributed by atoms with Crippen LogP contribution < -0.4 is 5.32 Å². The molecule has 1 saturated carbocycles. The highest BCUT2D eigenvalue weighted by atomic mass is 16.3. The highest BCUT2D eigenvalue weighted by molar-refractivity contribution is 5.31. The molecule has 0 radical (unpaired) electrons. The zero-order chi connectivity index (χ0) is 17.0. The summed E-state index contributed by atoms with van der Waals surface area (Å²) in [6.45, 7) is 5.70. The van der Waals surface area contributed by atoms with Gasteiger partial charge in [0.25, 0.3) is 0 Å². The van der Waals surface area contributed by atoms with Gasteiger partial charge in [-0.3, -0.25) is 4.90 Å². The molecule has 2 unspecified atom stereocenters. The number of hydrogen-bond acceptors (Lipinski definition) is 4. The largest absolute Gasteiger partial charge is 0.396 e. The summed E-state index contributed by atoms with van der Waals surface area (Å²) in [6, 6.07) is 11.2. The van der Waals surface area contributed by atoms with Crippen LogP contribution in [0.1, 0.15) is 50.2 Å². The van der Waals surface area contributed by atoms with E-state index in [0.717, 1.165) is 31.6 Å². The average molecular weight is 327 g/mol. The van der Waals surface area contributed by atoms with E-state index in [1.165, 1.54) is 31.2 Å². The van der Waals surface area contributed by atoms with E-state index >= 15 is 0 Å². The number of benzene rings is 1. The number of nitriles is 1. The zero-order valence-electron chi connectivity index (χ0n) is 14.7. The highest BCUT2D eigenvalue weighted by Gasteiger charge is 2.39. The smallest absolute Gasteiger partial charge is 0.0991 e. The molecule has 2 atom stereocenters. The molecule has 1 aromatic rings. The van der Waals surface area contributed by atoms with Crippen LogP contribution in [-0.4, -0.2) is 41.8 Å². The third-order valence-corrected chi connectivity index (χ3v) is 5.96. The monoisotopic (exact) mass is 327 g/mol. The Morgan fingerprint density at radius 1 is 1.25 bits per heavy atom. The molecule has 2 N–H and O–H groups in total. The fourth-order valence-electron chi connectivity index (χ4n) is 4.19. The summed E-state index contributed by atoms with van der Waals surface area (Å²) in [5, 5.41) is 22.4. The normalized spacial score (nSPS) is 28.8. The van der Waals surface area contributed by atoms with Crippen LogP contribution in [0.3, 0.4) is 0 Å². The molecule has 0 bridgehead atoms. The summed E-state index contributed by atoms with van der Waals surface area (Å²) in [6.07, 6.45) is 5.91. The van der Waals surface area contributed by atoms with Gasteiger partial charge in [0.2, 0.25) is 0 Å². The SMILES string of the molecule is CC1(CO)CCCC1NC1CCN(Cc2ccc(C#N)cc2)CC1. The van der Waals surface area contributed by atoms with Crippen LogP contribution in [0.25, 0.3) is 0 Å². The molecule has 3 rings (SSSR count). The summed E-state index contributed by atoms with van der Waals surface area (Å²) < 4.78 is 0. The van der Waals surface area contributed by atoms with Gasteiger partial charge in [-0.2, -0.15) is 5.26 Å². The maximum atomic E-state index is 9.70. The fourth-order valence-corrected chi connectivity index (χ4v) is 4.19. The number of nitrogens with zero attached hydrogens (tertiary/aromatic N) is 2. The van der Waals surface area contributed by atoms with Crippen molar-refractivity contribution in [3.63, 3.8) is 0 Å². The molecule has 0 spiro atoms. The molecule has 1 heterocycles. The maximum absolute atomic E-state index is 9.70. The molecule has 2 fully saturated rings. The Morgan fingerprint density at radius 3 is 2.58 bits per heavy atom. The predicted molar refractivity (Wildman–Crippen MR) is 95.4 cm³/mol. The van der Waals surface area contributed by atoms with Crippen molar-refractivity contribution in [2.45, 2.75) is 57.7 Å². The summed E-state index contributed by atoms with van der Waals surface area (Å²) in [4.78, 5) is 2.50.